The Balaban J connectivity index is 2.51. The summed E-state index contributed by atoms with van der Waals surface area (Å²) in [5.41, 5.74) is 1.57. The van der Waals surface area contributed by atoms with E-state index < -0.39 is 34.1 Å². The average molecular weight is 536 g/mol. The molecular weight excluding hydrogens is 498 g/mol. The van der Waals surface area contributed by atoms with Gasteiger partial charge in [0.2, 0.25) is 21.8 Å². The second-order valence-electron chi connectivity index (χ2n) is 10.3. The van der Waals surface area contributed by atoms with Crippen molar-refractivity contribution in [2.45, 2.75) is 72.0 Å². The summed E-state index contributed by atoms with van der Waals surface area (Å²) in [5.74, 6) is -0.711. The largest absolute Gasteiger partial charge is 0.350 e. The molecule has 9 heteroatoms. The predicted molar refractivity (Wildman–Crippen MR) is 147 cm³/mol. The number of sulfonamides is 1. The minimum atomic E-state index is -3.79. The molecule has 0 aromatic heterocycles. The van der Waals surface area contributed by atoms with Gasteiger partial charge in [-0.1, -0.05) is 62.7 Å². The van der Waals surface area contributed by atoms with Gasteiger partial charge in [-0.05, 0) is 62.4 Å². The zero-order chi connectivity index (χ0) is 27.3. The second-order valence-corrected chi connectivity index (χ2v) is 12.6. The molecule has 36 heavy (non-hydrogen) atoms. The Morgan fingerprint density at radius 1 is 1.03 bits per heavy atom. The van der Waals surface area contributed by atoms with E-state index in [-0.39, 0.29) is 18.4 Å². The summed E-state index contributed by atoms with van der Waals surface area (Å²) in [6, 6.07) is 13.4. The molecule has 2 amide bonds. The molecule has 0 fully saturated rings. The van der Waals surface area contributed by atoms with Crippen molar-refractivity contribution in [1.29, 1.82) is 0 Å². The van der Waals surface area contributed by atoms with Gasteiger partial charge in [-0.25, -0.2) is 8.42 Å². The first kappa shape index (κ1) is 29.6. The van der Waals surface area contributed by atoms with Crippen LogP contribution in [0.3, 0.4) is 0 Å². The molecule has 1 N–H and O–H groups in total. The monoisotopic (exact) mass is 535 g/mol. The quantitative estimate of drug-likeness (QED) is 0.466. The van der Waals surface area contributed by atoms with Gasteiger partial charge >= 0.3 is 0 Å². The Morgan fingerprint density at radius 2 is 1.61 bits per heavy atom. The Hall–Kier alpha value is -2.58. The molecule has 198 valence electrons. The van der Waals surface area contributed by atoms with Crippen LogP contribution in [0, 0.1) is 0 Å². The third-order valence-electron chi connectivity index (χ3n) is 5.66. The van der Waals surface area contributed by atoms with Crippen LogP contribution < -0.4 is 9.62 Å². The van der Waals surface area contributed by atoms with Gasteiger partial charge in [-0.3, -0.25) is 13.9 Å². The van der Waals surface area contributed by atoms with E-state index in [0.29, 0.717) is 17.1 Å². The maximum atomic E-state index is 13.8. The number of benzene rings is 2. The molecule has 0 saturated heterocycles. The number of hydrogen-bond acceptors (Lipinski definition) is 4. The minimum absolute atomic E-state index is 0.0478. The molecule has 2 aromatic rings. The van der Waals surface area contributed by atoms with Crippen molar-refractivity contribution in [3.05, 3.63) is 64.7 Å². The third-order valence-corrected chi connectivity index (χ3v) is 7.04. The fourth-order valence-electron chi connectivity index (χ4n) is 3.96. The van der Waals surface area contributed by atoms with Crippen molar-refractivity contribution in [1.82, 2.24) is 10.2 Å². The Bertz CT molecular complexity index is 1160. The molecule has 0 heterocycles. The summed E-state index contributed by atoms with van der Waals surface area (Å²) < 4.78 is 26.9. The smallest absolute Gasteiger partial charge is 0.244 e. The number of hydrogen-bond donors (Lipinski definition) is 1. The van der Waals surface area contributed by atoms with Gasteiger partial charge in [0.15, 0.2) is 0 Å². The molecule has 0 aliphatic rings. The number of halogens is 1. The SMILES string of the molecule is CC[C@H](C(=O)NC(C)(C)C)N(Cc1ccc(Cl)cc1)C(=O)CN(c1ccccc1C(C)C)S(C)(=O)=O. The molecule has 0 spiro atoms. The maximum Gasteiger partial charge on any atom is 0.244 e. The number of nitrogens with zero attached hydrogens (tertiary/aromatic N) is 2. The molecule has 0 unspecified atom stereocenters. The third kappa shape index (κ3) is 8.23. The number of carbonyl (C=O) groups excluding carboxylic acids is 2. The lowest BCUT2D eigenvalue weighted by molar-refractivity contribution is -0.141. The highest BCUT2D eigenvalue weighted by atomic mass is 35.5. The molecule has 2 rings (SSSR count). The zero-order valence-electron chi connectivity index (χ0n) is 22.2. The number of nitrogens with one attached hydrogen (secondary N) is 1. The van der Waals surface area contributed by atoms with Gasteiger partial charge in [-0.15, -0.1) is 0 Å². The van der Waals surface area contributed by atoms with E-state index in [2.05, 4.69) is 5.32 Å². The summed E-state index contributed by atoms with van der Waals surface area (Å²) in [4.78, 5) is 28.5. The molecule has 0 radical (unpaired) electrons. The summed E-state index contributed by atoms with van der Waals surface area (Å²) in [6.45, 7) is 11.1. The van der Waals surface area contributed by atoms with Crippen molar-refractivity contribution in [2.75, 3.05) is 17.1 Å². The van der Waals surface area contributed by atoms with Gasteiger partial charge in [-0.2, -0.15) is 0 Å². The first-order valence-corrected chi connectivity index (χ1v) is 14.3. The van der Waals surface area contributed by atoms with Crippen LogP contribution in [0.1, 0.15) is 65.0 Å². The Kier molecular flexibility index (Phi) is 9.97. The number of rotatable bonds is 10. The van der Waals surface area contributed by atoms with Gasteiger partial charge in [0.25, 0.3) is 0 Å². The topological polar surface area (TPSA) is 86.8 Å². The van der Waals surface area contributed by atoms with E-state index in [0.717, 1.165) is 21.7 Å². The number of para-hydroxylation sites is 1. The lowest BCUT2D eigenvalue weighted by Crippen LogP contribution is -2.55. The lowest BCUT2D eigenvalue weighted by Gasteiger charge is -2.35. The van der Waals surface area contributed by atoms with E-state index >= 15 is 0 Å². The first-order chi connectivity index (χ1) is 16.6. The van der Waals surface area contributed by atoms with Crippen LogP contribution in [-0.4, -0.2) is 49.5 Å². The summed E-state index contributed by atoms with van der Waals surface area (Å²) >= 11 is 6.03. The van der Waals surface area contributed by atoms with Crippen LogP contribution in [0.5, 0.6) is 0 Å². The number of anilines is 1. The van der Waals surface area contributed by atoms with Crippen molar-refractivity contribution in [3.63, 3.8) is 0 Å². The van der Waals surface area contributed by atoms with Crippen molar-refractivity contribution in [3.8, 4) is 0 Å². The predicted octanol–water partition coefficient (Wildman–Crippen LogP) is 4.95. The van der Waals surface area contributed by atoms with Gasteiger partial charge in [0, 0.05) is 17.1 Å². The number of amides is 2. The van der Waals surface area contributed by atoms with Crippen molar-refractivity contribution < 1.29 is 18.0 Å². The number of carbonyl (C=O) groups is 2. The minimum Gasteiger partial charge on any atom is -0.350 e. The van der Waals surface area contributed by atoms with E-state index in [1.54, 1.807) is 36.4 Å². The summed E-state index contributed by atoms with van der Waals surface area (Å²) in [5, 5.41) is 3.51. The summed E-state index contributed by atoms with van der Waals surface area (Å²) in [7, 11) is -3.79. The molecule has 2 aromatic carbocycles. The normalized spacial score (nSPS) is 12.8. The molecule has 1 atom stereocenters. The lowest BCUT2D eigenvalue weighted by atomic mass is 10.0. The van der Waals surface area contributed by atoms with Crippen LogP contribution >= 0.6 is 11.6 Å². The van der Waals surface area contributed by atoms with Crippen LogP contribution in [0.25, 0.3) is 0 Å². The molecule has 0 bridgehead atoms. The Labute approximate surface area is 220 Å². The Morgan fingerprint density at radius 3 is 2.11 bits per heavy atom. The van der Waals surface area contributed by atoms with Crippen LogP contribution in [0.4, 0.5) is 5.69 Å². The molecule has 0 saturated carbocycles. The van der Waals surface area contributed by atoms with Crippen molar-refractivity contribution >= 4 is 39.1 Å². The van der Waals surface area contributed by atoms with Crippen molar-refractivity contribution in [2.24, 2.45) is 0 Å². The van der Waals surface area contributed by atoms with Crippen LogP contribution in [0.15, 0.2) is 48.5 Å². The van der Waals surface area contributed by atoms with E-state index in [4.69, 9.17) is 11.6 Å². The zero-order valence-corrected chi connectivity index (χ0v) is 23.8. The standard InChI is InChI=1S/C27H38ClN3O4S/c1-8-23(26(33)29-27(4,5)6)30(17-20-13-15-21(28)16-14-20)25(32)18-31(36(7,34)35)24-12-10-9-11-22(24)19(2)3/h9-16,19,23H,8,17-18H2,1-7H3,(H,29,33)/t23-/m1/s1. The van der Waals surface area contributed by atoms with Gasteiger partial charge in [0.1, 0.15) is 12.6 Å². The van der Waals surface area contributed by atoms with Gasteiger partial charge in [0.05, 0.1) is 11.9 Å². The van der Waals surface area contributed by atoms with Gasteiger partial charge < -0.3 is 10.2 Å². The molecular formula is C27H38ClN3O4S. The highest BCUT2D eigenvalue weighted by Crippen LogP contribution is 2.29. The molecule has 7 nitrogen and oxygen atoms in total. The van der Waals surface area contributed by atoms with Crippen LogP contribution in [-0.2, 0) is 26.2 Å². The van der Waals surface area contributed by atoms with Crippen LogP contribution in [0.2, 0.25) is 5.02 Å². The van der Waals surface area contributed by atoms with E-state index in [1.165, 1.54) is 4.90 Å². The second kappa shape index (κ2) is 12.1. The highest BCUT2D eigenvalue weighted by Gasteiger charge is 2.33. The molecule has 0 aliphatic carbocycles. The molecule has 0 aliphatic heterocycles. The van der Waals surface area contributed by atoms with E-state index in [9.17, 15) is 18.0 Å². The highest BCUT2D eigenvalue weighted by molar-refractivity contribution is 7.92. The van der Waals surface area contributed by atoms with E-state index in [1.807, 2.05) is 53.7 Å². The fourth-order valence-corrected chi connectivity index (χ4v) is 4.95. The maximum absolute atomic E-state index is 13.8. The fraction of sp³-hybridized carbons (Fsp3) is 0.481. The summed E-state index contributed by atoms with van der Waals surface area (Å²) in [6.07, 6.45) is 1.45. The first-order valence-electron chi connectivity index (χ1n) is 12.1. The average Bonchev–Trinajstić information content (AvgIpc) is 2.76.